The maximum atomic E-state index is 9.53. The number of allylic oxidation sites excluding steroid dienone is 1. The number of nitrogens with zero attached hydrogens (tertiary/aromatic N) is 2. The summed E-state index contributed by atoms with van der Waals surface area (Å²) in [4.78, 5) is 7.63. The summed E-state index contributed by atoms with van der Waals surface area (Å²) in [5.74, 6) is 1.13. The molecule has 0 bridgehead atoms. The van der Waals surface area contributed by atoms with Crippen LogP contribution in [0.15, 0.2) is 48.0 Å². The zero-order valence-electron chi connectivity index (χ0n) is 12.9. The van der Waals surface area contributed by atoms with Crippen LogP contribution in [-0.2, 0) is 0 Å². The maximum Gasteiger partial charge on any atom is 0.149 e. The fraction of sp³-hybridized carbons (Fsp3) is 0.0526. The molecule has 0 amide bonds. The number of H-pyrrole nitrogens is 1. The van der Waals surface area contributed by atoms with Crippen molar-refractivity contribution in [3.8, 4) is 11.8 Å². The molecule has 0 spiro atoms. The highest BCUT2D eigenvalue weighted by molar-refractivity contribution is 6.36. The Morgan fingerprint density at radius 1 is 1.28 bits per heavy atom. The van der Waals surface area contributed by atoms with Crippen molar-refractivity contribution in [2.75, 3.05) is 6.61 Å². The summed E-state index contributed by atoms with van der Waals surface area (Å²) in [6.07, 6.45) is 3.67. The molecule has 0 saturated carbocycles. The Hall–Kier alpha value is -2.74. The second-order valence-corrected chi connectivity index (χ2v) is 6.43. The van der Waals surface area contributed by atoms with Gasteiger partial charge in [-0.3, -0.25) is 0 Å². The summed E-state index contributed by atoms with van der Waals surface area (Å²) in [5.41, 5.74) is 3.76. The molecule has 0 atom stereocenters. The first-order valence-corrected chi connectivity index (χ1v) is 8.29. The Morgan fingerprint density at radius 3 is 2.92 bits per heavy atom. The number of para-hydroxylation sites is 2. The molecule has 1 N–H and O–H groups in total. The normalized spacial score (nSPS) is 13.8. The standard InChI is InChI=1S/C19H11Cl2N3O/c20-14-7-12-5-11(10-25-18(12)15(21)8-14)6-13(9-22)19-23-16-3-1-2-4-17(16)24-19/h1-8H,10H2,(H,23,24). The third-order valence-electron chi connectivity index (χ3n) is 3.86. The molecule has 1 aromatic heterocycles. The van der Waals surface area contributed by atoms with E-state index in [9.17, 15) is 5.26 Å². The molecule has 3 aromatic rings. The van der Waals surface area contributed by atoms with Gasteiger partial charge in [-0.25, -0.2) is 4.98 Å². The molecule has 122 valence electrons. The van der Waals surface area contributed by atoms with Gasteiger partial charge in [0.1, 0.15) is 24.3 Å². The lowest BCUT2D eigenvalue weighted by Crippen LogP contribution is -2.07. The van der Waals surface area contributed by atoms with E-state index in [0.29, 0.717) is 33.8 Å². The third-order valence-corrected chi connectivity index (χ3v) is 4.35. The van der Waals surface area contributed by atoms with Crippen molar-refractivity contribution in [3.63, 3.8) is 0 Å². The quantitative estimate of drug-likeness (QED) is 0.628. The number of halogens is 2. The number of ether oxygens (including phenoxy) is 1. The fourth-order valence-electron chi connectivity index (χ4n) is 2.74. The zero-order chi connectivity index (χ0) is 17.4. The highest BCUT2D eigenvalue weighted by Gasteiger charge is 2.16. The molecule has 6 heteroatoms. The van der Waals surface area contributed by atoms with Crippen molar-refractivity contribution < 1.29 is 4.74 Å². The van der Waals surface area contributed by atoms with Gasteiger partial charge in [0.05, 0.1) is 21.6 Å². The molecule has 2 heterocycles. The third kappa shape index (κ3) is 3.00. The summed E-state index contributed by atoms with van der Waals surface area (Å²) < 4.78 is 5.72. The number of fused-ring (bicyclic) bond motifs is 2. The monoisotopic (exact) mass is 367 g/mol. The van der Waals surface area contributed by atoms with Crippen LogP contribution in [-0.4, -0.2) is 16.6 Å². The molecule has 0 saturated heterocycles. The zero-order valence-corrected chi connectivity index (χ0v) is 14.4. The molecule has 0 fully saturated rings. The number of rotatable bonds is 2. The molecule has 2 aromatic carbocycles. The summed E-state index contributed by atoms with van der Waals surface area (Å²) in [6.45, 7) is 0.319. The van der Waals surface area contributed by atoms with Crippen molar-refractivity contribution in [1.82, 2.24) is 9.97 Å². The molecule has 0 aliphatic carbocycles. The Kier molecular flexibility index (Phi) is 3.96. The second kappa shape index (κ2) is 6.29. The minimum atomic E-state index is 0.319. The second-order valence-electron chi connectivity index (χ2n) is 5.59. The van der Waals surface area contributed by atoms with Crippen LogP contribution in [0.5, 0.6) is 5.75 Å². The van der Waals surface area contributed by atoms with Crippen LogP contribution in [0.4, 0.5) is 0 Å². The van der Waals surface area contributed by atoms with Gasteiger partial charge in [0.2, 0.25) is 0 Å². The molecular weight excluding hydrogens is 357 g/mol. The van der Waals surface area contributed by atoms with Crippen LogP contribution < -0.4 is 4.74 Å². The van der Waals surface area contributed by atoms with Gasteiger partial charge in [-0.15, -0.1) is 0 Å². The molecule has 4 rings (SSSR count). The van der Waals surface area contributed by atoms with E-state index in [4.69, 9.17) is 27.9 Å². The summed E-state index contributed by atoms with van der Waals surface area (Å²) in [7, 11) is 0. The number of hydrogen-bond acceptors (Lipinski definition) is 3. The van der Waals surface area contributed by atoms with Crippen LogP contribution >= 0.6 is 23.2 Å². The van der Waals surface area contributed by atoms with Crippen LogP contribution in [0.3, 0.4) is 0 Å². The van der Waals surface area contributed by atoms with E-state index < -0.39 is 0 Å². The van der Waals surface area contributed by atoms with E-state index in [1.807, 2.05) is 30.3 Å². The SMILES string of the molecule is N#CC(=CC1=Cc2cc(Cl)cc(Cl)c2OC1)c1nc2ccccc2[nH]1. The van der Waals surface area contributed by atoms with E-state index in [1.54, 1.807) is 18.2 Å². The fourth-order valence-corrected chi connectivity index (χ4v) is 3.30. The lowest BCUT2D eigenvalue weighted by molar-refractivity contribution is 0.351. The van der Waals surface area contributed by atoms with Gasteiger partial charge in [0, 0.05) is 10.6 Å². The van der Waals surface area contributed by atoms with Crippen molar-refractivity contribution >= 4 is 45.9 Å². The first-order valence-electron chi connectivity index (χ1n) is 7.53. The van der Waals surface area contributed by atoms with E-state index in [-0.39, 0.29) is 0 Å². The predicted molar refractivity (Wildman–Crippen MR) is 99.6 cm³/mol. The minimum absolute atomic E-state index is 0.319. The summed E-state index contributed by atoms with van der Waals surface area (Å²) in [6, 6.07) is 13.3. The number of imidazole rings is 1. The van der Waals surface area contributed by atoms with E-state index in [0.717, 1.165) is 22.2 Å². The highest BCUT2D eigenvalue weighted by atomic mass is 35.5. The first kappa shape index (κ1) is 15.8. The number of nitriles is 1. The number of nitrogens with one attached hydrogen (secondary N) is 1. The Morgan fingerprint density at radius 2 is 2.12 bits per heavy atom. The Balaban J connectivity index is 1.75. The van der Waals surface area contributed by atoms with Crippen LogP contribution in [0.2, 0.25) is 10.0 Å². The number of aromatic amines is 1. The summed E-state index contributed by atoms with van der Waals surface area (Å²) in [5, 5.41) is 10.5. The number of benzene rings is 2. The highest BCUT2D eigenvalue weighted by Crippen LogP contribution is 2.37. The van der Waals surface area contributed by atoms with E-state index in [2.05, 4.69) is 16.0 Å². The first-order chi connectivity index (χ1) is 12.1. The molecule has 4 nitrogen and oxygen atoms in total. The average Bonchev–Trinajstić information content (AvgIpc) is 3.03. The van der Waals surface area contributed by atoms with Gasteiger partial charge in [-0.2, -0.15) is 5.26 Å². The predicted octanol–water partition coefficient (Wildman–Crippen LogP) is 5.25. The van der Waals surface area contributed by atoms with Gasteiger partial charge in [-0.1, -0.05) is 35.3 Å². The van der Waals surface area contributed by atoms with Gasteiger partial charge in [0.15, 0.2) is 0 Å². The molecule has 0 radical (unpaired) electrons. The van der Waals surface area contributed by atoms with Crippen LogP contribution in [0.25, 0.3) is 22.7 Å². The smallest absolute Gasteiger partial charge is 0.149 e. The van der Waals surface area contributed by atoms with Gasteiger partial charge < -0.3 is 9.72 Å². The lowest BCUT2D eigenvalue weighted by Gasteiger charge is -2.17. The minimum Gasteiger partial charge on any atom is -0.487 e. The van der Waals surface area contributed by atoms with E-state index >= 15 is 0 Å². The lowest BCUT2D eigenvalue weighted by atomic mass is 10.1. The number of hydrogen-bond donors (Lipinski definition) is 1. The van der Waals surface area contributed by atoms with Crippen molar-refractivity contribution in [2.45, 2.75) is 0 Å². The van der Waals surface area contributed by atoms with Gasteiger partial charge in [0.25, 0.3) is 0 Å². The van der Waals surface area contributed by atoms with Crippen LogP contribution in [0, 0.1) is 11.3 Å². The molecule has 0 unspecified atom stereocenters. The van der Waals surface area contributed by atoms with Crippen LogP contribution in [0.1, 0.15) is 11.4 Å². The Labute approximate surface area is 154 Å². The maximum absolute atomic E-state index is 9.53. The summed E-state index contributed by atoms with van der Waals surface area (Å²) >= 11 is 12.2. The van der Waals surface area contributed by atoms with Crippen molar-refractivity contribution in [1.29, 1.82) is 5.26 Å². The average molecular weight is 368 g/mol. The van der Waals surface area contributed by atoms with Crippen molar-refractivity contribution in [3.05, 3.63) is 69.5 Å². The van der Waals surface area contributed by atoms with Crippen molar-refractivity contribution in [2.24, 2.45) is 0 Å². The van der Waals surface area contributed by atoms with Gasteiger partial charge >= 0.3 is 0 Å². The largest absolute Gasteiger partial charge is 0.487 e. The topological polar surface area (TPSA) is 61.7 Å². The molecule has 1 aliphatic rings. The van der Waals surface area contributed by atoms with Gasteiger partial charge in [-0.05, 0) is 42.0 Å². The molecular formula is C19H11Cl2N3O. The van der Waals surface area contributed by atoms with E-state index in [1.165, 1.54) is 0 Å². The molecule has 25 heavy (non-hydrogen) atoms. The number of aromatic nitrogens is 2. The molecule has 1 aliphatic heterocycles. The Bertz CT molecular complexity index is 1060.